The molecule has 3 rings (SSSR count). The summed E-state index contributed by atoms with van der Waals surface area (Å²) in [7, 11) is 0. The molecule has 2 heterocycles. The Labute approximate surface area is 170 Å². The minimum Gasteiger partial charge on any atom is -0.461 e. The first-order valence-corrected chi connectivity index (χ1v) is 9.63. The summed E-state index contributed by atoms with van der Waals surface area (Å²) in [5, 5.41) is 12.2. The monoisotopic (exact) mass is 422 g/mol. The number of nitrogens with one attached hydrogen (secondary N) is 1. The second-order valence-electron chi connectivity index (χ2n) is 5.56. The molecule has 1 atom stereocenters. The number of nitrogens with zero attached hydrogens (tertiary/aromatic N) is 3. The fraction of sp³-hybridized carbons (Fsp3) is 0.167. The average Bonchev–Trinajstić information content (AvgIpc) is 3.29. The quantitative estimate of drug-likeness (QED) is 0.420. The average molecular weight is 423 g/mol. The molecule has 0 spiro atoms. The van der Waals surface area contributed by atoms with Crippen molar-refractivity contribution in [1.29, 1.82) is 0 Å². The number of thioether (sulfide) groups is 1. The summed E-state index contributed by atoms with van der Waals surface area (Å²) in [6.45, 7) is 6.03. The summed E-state index contributed by atoms with van der Waals surface area (Å²) in [5.41, 5.74) is 0.463. The second-order valence-corrected chi connectivity index (χ2v) is 7.71. The summed E-state index contributed by atoms with van der Waals surface area (Å²) < 4.78 is 7.24. The summed E-state index contributed by atoms with van der Waals surface area (Å²) >= 11 is 13.3. The van der Waals surface area contributed by atoms with Crippen molar-refractivity contribution in [2.75, 3.05) is 5.32 Å². The van der Waals surface area contributed by atoms with Crippen LogP contribution in [-0.2, 0) is 11.3 Å². The van der Waals surface area contributed by atoms with E-state index in [1.807, 2.05) is 4.57 Å². The van der Waals surface area contributed by atoms with Gasteiger partial charge in [0, 0.05) is 11.6 Å². The van der Waals surface area contributed by atoms with Crippen LogP contribution in [0.2, 0.25) is 10.0 Å². The maximum atomic E-state index is 12.6. The van der Waals surface area contributed by atoms with Crippen LogP contribution in [0.5, 0.6) is 0 Å². The third kappa shape index (κ3) is 4.55. The zero-order chi connectivity index (χ0) is 19.4. The lowest BCUT2D eigenvalue weighted by atomic mass is 10.3. The molecule has 9 heteroatoms. The Hall–Kier alpha value is -2.22. The SMILES string of the molecule is C=CCn1c(SC(C)C(=O)Nc2cc(Cl)ccc2Cl)nnc1-c1ccco1. The van der Waals surface area contributed by atoms with Crippen molar-refractivity contribution >= 4 is 46.6 Å². The number of hydrogen-bond donors (Lipinski definition) is 1. The Morgan fingerprint density at radius 1 is 1.41 bits per heavy atom. The van der Waals surface area contributed by atoms with Crippen LogP contribution in [0.25, 0.3) is 11.6 Å². The molecule has 0 aliphatic rings. The van der Waals surface area contributed by atoms with Gasteiger partial charge in [-0.15, -0.1) is 16.8 Å². The first-order chi connectivity index (χ1) is 13.0. The Bertz CT molecular complexity index is 956. The van der Waals surface area contributed by atoms with Gasteiger partial charge in [-0.2, -0.15) is 0 Å². The van der Waals surface area contributed by atoms with E-state index in [4.69, 9.17) is 27.6 Å². The van der Waals surface area contributed by atoms with Crippen LogP contribution in [0.4, 0.5) is 5.69 Å². The molecule has 0 bridgehead atoms. The van der Waals surface area contributed by atoms with Crippen molar-refractivity contribution in [1.82, 2.24) is 14.8 Å². The van der Waals surface area contributed by atoms with Crippen molar-refractivity contribution in [2.24, 2.45) is 0 Å². The number of amides is 1. The number of carbonyl (C=O) groups excluding carboxylic acids is 1. The topological polar surface area (TPSA) is 73.0 Å². The number of aromatic nitrogens is 3. The minimum atomic E-state index is -0.447. The van der Waals surface area contributed by atoms with Gasteiger partial charge in [0.15, 0.2) is 10.9 Å². The number of benzene rings is 1. The molecule has 27 heavy (non-hydrogen) atoms. The van der Waals surface area contributed by atoms with E-state index >= 15 is 0 Å². The van der Waals surface area contributed by atoms with E-state index < -0.39 is 5.25 Å². The van der Waals surface area contributed by atoms with Crippen LogP contribution in [0, 0.1) is 0 Å². The Morgan fingerprint density at radius 3 is 2.93 bits per heavy atom. The Morgan fingerprint density at radius 2 is 2.22 bits per heavy atom. The maximum absolute atomic E-state index is 12.6. The van der Waals surface area contributed by atoms with Gasteiger partial charge in [0.05, 0.1) is 22.2 Å². The number of carbonyl (C=O) groups is 1. The standard InChI is InChI=1S/C18H16Cl2N4O2S/c1-3-8-24-16(15-5-4-9-26-15)22-23-18(24)27-11(2)17(25)21-14-10-12(19)6-7-13(14)20/h3-7,9-11H,1,8H2,2H3,(H,21,25). The van der Waals surface area contributed by atoms with Crippen molar-refractivity contribution in [2.45, 2.75) is 23.9 Å². The van der Waals surface area contributed by atoms with Gasteiger partial charge in [0.25, 0.3) is 0 Å². The summed E-state index contributed by atoms with van der Waals surface area (Å²) in [6.07, 6.45) is 3.30. The second kappa shape index (κ2) is 8.65. The molecule has 0 saturated heterocycles. The van der Waals surface area contributed by atoms with Crippen LogP contribution in [0.3, 0.4) is 0 Å². The molecule has 0 fully saturated rings. The van der Waals surface area contributed by atoms with Gasteiger partial charge in [-0.25, -0.2) is 0 Å². The molecule has 0 aliphatic heterocycles. The number of allylic oxidation sites excluding steroid dienone is 1. The molecule has 1 unspecified atom stereocenters. The molecular formula is C18H16Cl2N4O2S. The molecule has 2 aromatic heterocycles. The molecule has 3 aromatic rings. The van der Waals surface area contributed by atoms with E-state index in [1.54, 1.807) is 49.6 Å². The smallest absolute Gasteiger partial charge is 0.237 e. The predicted molar refractivity (Wildman–Crippen MR) is 108 cm³/mol. The van der Waals surface area contributed by atoms with E-state index in [-0.39, 0.29) is 5.91 Å². The third-order valence-corrected chi connectivity index (χ3v) is 5.25. The molecule has 0 aliphatic carbocycles. The lowest BCUT2D eigenvalue weighted by Crippen LogP contribution is -2.23. The highest BCUT2D eigenvalue weighted by atomic mass is 35.5. The van der Waals surface area contributed by atoms with Crippen LogP contribution >= 0.6 is 35.0 Å². The minimum absolute atomic E-state index is 0.225. The first-order valence-electron chi connectivity index (χ1n) is 8.00. The molecule has 0 saturated carbocycles. The van der Waals surface area contributed by atoms with E-state index in [9.17, 15) is 4.79 Å². The zero-order valence-electron chi connectivity index (χ0n) is 14.4. The largest absolute Gasteiger partial charge is 0.461 e. The number of anilines is 1. The molecule has 140 valence electrons. The van der Waals surface area contributed by atoms with Gasteiger partial charge in [0.2, 0.25) is 11.7 Å². The molecular weight excluding hydrogens is 407 g/mol. The lowest BCUT2D eigenvalue weighted by molar-refractivity contribution is -0.115. The summed E-state index contributed by atoms with van der Waals surface area (Å²) in [6, 6.07) is 8.48. The normalized spacial score (nSPS) is 12.0. The van der Waals surface area contributed by atoms with Gasteiger partial charge < -0.3 is 9.73 Å². The van der Waals surface area contributed by atoms with Crippen LogP contribution in [0.15, 0.2) is 58.8 Å². The molecule has 0 radical (unpaired) electrons. The molecule has 1 aromatic carbocycles. The molecule has 1 N–H and O–H groups in total. The van der Waals surface area contributed by atoms with E-state index in [0.29, 0.717) is 39.0 Å². The molecule has 6 nitrogen and oxygen atoms in total. The van der Waals surface area contributed by atoms with Crippen LogP contribution in [0.1, 0.15) is 6.92 Å². The van der Waals surface area contributed by atoms with Gasteiger partial charge in [-0.3, -0.25) is 9.36 Å². The number of rotatable bonds is 7. The van der Waals surface area contributed by atoms with Gasteiger partial charge >= 0.3 is 0 Å². The first kappa shape index (κ1) is 19.5. The predicted octanol–water partition coefficient (Wildman–Crippen LogP) is 5.15. The van der Waals surface area contributed by atoms with Crippen molar-refractivity contribution < 1.29 is 9.21 Å². The highest BCUT2D eigenvalue weighted by Gasteiger charge is 2.22. The third-order valence-electron chi connectivity index (χ3n) is 3.61. The summed E-state index contributed by atoms with van der Waals surface area (Å²) in [5.74, 6) is 0.948. The summed E-state index contributed by atoms with van der Waals surface area (Å²) in [4.78, 5) is 12.6. The van der Waals surface area contributed by atoms with Crippen molar-refractivity contribution in [3.05, 3.63) is 59.3 Å². The van der Waals surface area contributed by atoms with E-state index in [0.717, 1.165) is 0 Å². The van der Waals surface area contributed by atoms with E-state index in [2.05, 4.69) is 22.1 Å². The Kier molecular flexibility index (Phi) is 6.26. The van der Waals surface area contributed by atoms with Gasteiger partial charge in [-0.05, 0) is 37.3 Å². The lowest BCUT2D eigenvalue weighted by Gasteiger charge is -2.13. The highest BCUT2D eigenvalue weighted by Crippen LogP contribution is 2.29. The van der Waals surface area contributed by atoms with Crippen LogP contribution < -0.4 is 5.32 Å². The van der Waals surface area contributed by atoms with E-state index in [1.165, 1.54) is 11.8 Å². The van der Waals surface area contributed by atoms with Crippen LogP contribution in [-0.4, -0.2) is 25.9 Å². The zero-order valence-corrected chi connectivity index (χ0v) is 16.7. The Balaban J connectivity index is 1.77. The fourth-order valence-corrected chi connectivity index (χ4v) is 3.49. The van der Waals surface area contributed by atoms with Crippen molar-refractivity contribution in [3.8, 4) is 11.6 Å². The maximum Gasteiger partial charge on any atom is 0.237 e. The number of halogens is 2. The number of furan rings is 1. The number of hydrogen-bond acceptors (Lipinski definition) is 5. The van der Waals surface area contributed by atoms with Gasteiger partial charge in [0.1, 0.15) is 0 Å². The fourth-order valence-electron chi connectivity index (χ4n) is 2.30. The molecule has 1 amide bonds. The van der Waals surface area contributed by atoms with Gasteiger partial charge in [-0.1, -0.05) is 41.0 Å². The van der Waals surface area contributed by atoms with Crippen molar-refractivity contribution in [3.63, 3.8) is 0 Å². The highest BCUT2D eigenvalue weighted by molar-refractivity contribution is 8.00.